The van der Waals surface area contributed by atoms with E-state index in [-0.39, 0.29) is 12.8 Å². The van der Waals surface area contributed by atoms with Crippen molar-refractivity contribution in [2.24, 2.45) is 0 Å². The lowest BCUT2D eigenvalue weighted by atomic mass is 9.90. The van der Waals surface area contributed by atoms with Crippen LogP contribution in [-0.2, 0) is 31.2 Å². The molecule has 2 aliphatic heterocycles. The van der Waals surface area contributed by atoms with E-state index in [0.717, 1.165) is 31.7 Å². The van der Waals surface area contributed by atoms with E-state index in [4.69, 9.17) is 14.3 Å². The van der Waals surface area contributed by atoms with E-state index in [1.54, 1.807) is 31.2 Å². The first-order valence-corrected chi connectivity index (χ1v) is 10.7. The average molecular weight is 438 g/mol. The fourth-order valence-electron chi connectivity index (χ4n) is 4.00. The van der Waals surface area contributed by atoms with Gasteiger partial charge < -0.3 is 14.3 Å². The number of nitrogens with zero attached hydrogens (tertiary/aromatic N) is 2. The molecule has 2 atom stereocenters. The average Bonchev–Trinajstić information content (AvgIpc) is 2.97. The summed E-state index contributed by atoms with van der Waals surface area (Å²) in [6.07, 6.45) is 2.63. The molecule has 8 heteroatoms. The molecule has 2 heterocycles. The highest BCUT2D eigenvalue weighted by molar-refractivity contribution is 6.06. The molecule has 0 radical (unpaired) electrons. The number of rotatable bonds is 6. The second kappa shape index (κ2) is 9.00. The zero-order chi connectivity index (χ0) is 22.7. The lowest BCUT2D eigenvalue weighted by Gasteiger charge is -2.32. The SMILES string of the molecule is CC(=O)ON1C(=O)N(Cc2ccccc2)[C@@](C)(c2ccc(OC3CCCCO3)cc2)C1=O. The van der Waals surface area contributed by atoms with Crippen LogP contribution in [0, 0.1) is 0 Å². The summed E-state index contributed by atoms with van der Waals surface area (Å²) in [5.74, 6) is -0.753. The quantitative estimate of drug-likeness (QED) is 0.639. The summed E-state index contributed by atoms with van der Waals surface area (Å²) in [6, 6.07) is 15.7. The molecule has 2 aromatic carbocycles. The number of urea groups is 1. The Morgan fingerprint density at radius 1 is 1.09 bits per heavy atom. The fraction of sp³-hybridized carbons (Fsp3) is 0.375. The highest BCUT2D eigenvalue weighted by Gasteiger charge is 2.57. The lowest BCUT2D eigenvalue weighted by molar-refractivity contribution is -0.182. The van der Waals surface area contributed by atoms with Crippen molar-refractivity contribution in [3.8, 4) is 5.75 Å². The van der Waals surface area contributed by atoms with E-state index in [1.165, 1.54) is 4.90 Å². The van der Waals surface area contributed by atoms with Gasteiger partial charge in [0.15, 0.2) is 6.29 Å². The molecule has 1 unspecified atom stereocenters. The van der Waals surface area contributed by atoms with Crippen molar-refractivity contribution in [3.05, 3.63) is 65.7 Å². The van der Waals surface area contributed by atoms with Crippen LogP contribution in [0.2, 0.25) is 0 Å². The second-order valence-corrected chi connectivity index (χ2v) is 8.05. The minimum Gasteiger partial charge on any atom is -0.465 e. The van der Waals surface area contributed by atoms with Crippen molar-refractivity contribution in [2.45, 2.75) is 51.5 Å². The number of hydroxylamine groups is 2. The monoisotopic (exact) mass is 438 g/mol. The summed E-state index contributed by atoms with van der Waals surface area (Å²) in [5.41, 5.74) is 0.0692. The minimum absolute atomic E-state index is 0.174. The predicted octanol–water partition coefficient (Wildman–Crippen LogP) is 3.75. The normalized spacial score (nSPS) is 23.4. The van der Waals surface area contributed by atoms with Crippen LogP contribution in [0.1, 0.15) is 44.2 Å². The first-order chi connectivity index (χ1) is 15.4. The summed E-state index contributed by atoms with van der Waals surface area (Å²) in [5, 5.41) is 0.547. The number of benzene rings is 2. The van der Waals surface area contributed by atoms with Gasteiger partial charge in [-0.25, -0.2) is 9.59 Å². The Labute approximate surface area is 186 Å². The lowest BCUT2D eigenvalue weighted by Crippen LogP contribution is -2.44. The number of amides is 3. The van der Waals surface area contributed by atoms with Crippen molar-refractivity contribution in [1.29, 1.82) is 0 Å². The number of carbonyl (C=O) groups excluding carboxylic acids is 3. The molecule has 2 aromatic rings. The zero-order valence-electron chi connectivity index (χ0n) is 18.2. The molecule has 0 aliphatic carbocycles. The highest BCUT2D eigenvalue weighted by atomic mass is 16.7. The van der Waals surface area contributed by atoms with Crippen LogP contribution in [0.3, 0.4) is 0 Å². The minimum atomic E-state index is -1.36. The number of hydrogen-bond acceptors (Lipinski definition) is 6. The molecule has 32 heavy (non-hydrogen) atoms. The van der Waals surface area contributed by atoms with E-state index in [9.17, 15) is 14.4 Å². The van der Waals surface area contributed by atoms with Gasteiger partial charge in [0.05, 0.1) is 6.61 Å². The number of carbonyl (C=O) groups is 3. The number of hydrogen-bond donors (Lipinski definition) is 0. The maximum atomic E-state index is 13.3. The molecule has 2 fully saturated rings. The van der Waals surface area contributed by atoms with Gasteiger partial charge in [-0.2, -0.15) is 0 Å². The summed E-state index contributed by atoms with van der Waals surface area (Å²) >= 11 is 0. The van der Waals surface area contributed by atoms with Gasteiger partial charge in [-0.15, -0.1) is 0 Å². The Morgan fingerprint density at radius 3 is 2.44 bits per heavy atom. The molecule has 2 saturated heterocycles. The summed E-state index contributed by atoms with van der Waals surface area (Å²) in [4.78, 5) is 44.3. The largest absolute Gasteiger partial charge is 0.465 e. The molecule has 3 amide bonds. The van der Waals surface area contributed by atoms with Crippen LogP contribution >= 0.6 is 0 Å². The van der Waals surface area contributed by atoms with Gasteiger partial charge in [-0.3, -0.25) is 9.69 Å². The molecule has 0 aromatic heterocycles. The van der Waals surface area contributed by atoms with Crippen LogP contribution < -0.4 is 4.74 Å². The maximum absolute atomic E-state index is 13.3. The van der Waals surface area contributed by atoms with Crippen molar-refractivity contribution in [3.63, 3.8) is 0 Å². The molecule has 2 aliphatic rings. The van der Waals surface area contributed by atoms with Gasteiger partial charge in [0.25, 0.3) is 5.91 Å². The molecule has 0 spiro atoms. The Morgan fingerprint density at radius 2 is 1.81 bits per heavy atom. The molecule has 0 bridgehead atoms. The summed E-state index contributed by atoms with van der Waals surface area (Å²) in [6.45, 7) is 3.66. The van der Waals surface area contributed by atoms with E-state index < -0.39 is 23.4 Å². The molecule has 0 N–H and O–H groups in total. The fourth-order valence-corrected chi connectivity index (χ4v) is 4.00. The van der Waals surface area contributed by atoms with Gasteiger partial charge in [0.1, 0.15) is 11.3 Å². The van der Waals surface area contributed by atoms with Gasteiger partial charge >= 0.3 is 12.0 Å². The molecule has 4 rings (SSSR count). The van der Waals surface area contributed by atoms with E-state index in [1.807, 2.05) is 30.3 Å². The van der Waals surface area contributed by atoms with Crippen molar-refractivity contribution in [2.75, 3.05) is 6.61 Å². The third-order valence-electron chi connectivity index (χ3n) is 5.77. The Balaban J connectivity index is 1.63. The van der Waals surface area contributed by atoms with Gasteiger partial charge in [-0.05, 0) is 43.0 Å². The van der Waals surface area contributed by atoms with Crippen molar-refractivity contribution in [1.82, 2.24) is 9.96 Å². The van der Waals surface area contributed by atoms with Crippen LogP contribution in [0.5, 0.6) is 5.75 Å². The molecule has 0 saturated carbocycles. The molecule has 168 valence electrons. The first kappa shape index (κ1) is 21.8. The standard InChI is InChI=1S/C24H26N2O6/c1-17(27)32-26-22(28)24(2,25(23(26)29)16-18-8-4-3-5-9-18)19-11-13-20(14-12-19)31-21-10-6-7-15-30-21/h3-5,8-9,11-14,21H,6-7,10,15-16H2,1-2H3/t21?,24-/m0/s1. The van der Waals surface area contributed by atoms with Crippen LogP contribution in [0.15, 0.2) is 54.6 Å². The Kier molecular flexibility index (Phi) is 6.14. The predicted molar refractivity (Wildman–Crippen MR) is 114 cm³/mol. The molecule has 8 nitrogen and oxygen atoms in total. The Hall–Kier alpha value is -3.39. The second-order valence-electron chi connectivity index (χ2n) is 8.05. The topological polar surface area (TPSA) is 85.4 Å². The van der Waals surface area contributed by atoms with Gasteiger partial charge in [0.2, 0.25) is 0 Å². The highest BCUT2D eigenvalue weighted by Crippen LogP contribution is 2.39. The zero-order valence-corrected chi connectivity index (χ0v) is 18.2. The van der Waals surface area contributed by atoms with E-state index in [2.05, 4.69) is 0 Å². The van der Waals surface area contributed by atoms with E-state index >= 15 is 0 Å². The molecular formula is C24H26N2O6. The third kappa shape index (κ3) is 4.18. The molecular weight excluding hydrogens is 412 g/mol. The third-order valence-corrected chi connectivity index (χ3v) is 5.77. The van der Waals surface area contributed by atoms with Crippen molar-refractivity contribution >= 4 is 17.9 Å². The van der Waals surface area contributed by atoms with Gasteiger partial charge in [0, 0.05) is 19.9 Å². The first-order valence-electron chi connectivity index (χ1n) is 10.7. The van der Waals surface area contributed by atoms with Crippen LogP contribution in [0.4, 0.5) is 4.79 Å². The summed E-state index contributed by atoms with van der Waals surface area (Å²) in [7, 11) is 0. The summed E-state index contributed by atoms with van der Waals surface area (Å²) < 4.78 is 11.5. The van der Waals surface area contributed by atoms with E-state index in [0.29, 0.717) is 23.0 Å². The number of imide groups is 1. The van der Waals surface area contributed by atoms with Crippen LogP contribution in [-0.4, -0.2) is 40.8 Å². The van der Waals surface area contributed by atoms with Crippen molar-refractivity contribution < 1.29 is 28.7 Å². The maximum Gasteiger partial charge on any atom is 0.362 e. The van der Waals surface area contributed by atoms with Gasteiger partial charge in [-0.1, -0.05) is 47.5 Å². The van der Waals surface area contributed by atoms with Crippen LogP contribution in [0.25, 0.3) is 0 Å². The Bertz CT molecular complexity index is 987. The smallest absolute Gasteiger partial charge is 0.362 e. The number of ether oxygens (including phenoxy) is 2.